The van der Waals surface area contributed by atoms with Crippen molar-refractivity contribution in [3.05, 3.63) is 69.1 Å². The summed E-state index contributed by atoms with van der Waals surface area (Å²) in [4.78, 5) is 38.2. The third kappa shape index (κ3) is 7.68. The normalized spacial score (nSPS) is 20.3. The summed E-state index contributed by atoms with van der Waals surface area (Å²) in [6.07, 6.45) is -3.82. The van der Waals surface area contributed by atoms with Crippen LogP contribution >= 0.6 is 0 Å². The van der Waals surface area contributed by atoms with Crippen LogP contribution in [0.4, 0.5) is 10.5 Å². The molecule has 3 aromatic rings. The van der Waals surface area contributed by atoms with Crippen LogP contribution in [0.1, 0.15) is 49.2 Å². The first-order valence-electron chi connectivity index (χ1n) is 14.8. The van der Waals surface area contributed by atoms with Crippen LogP contribution in [0.5, 0.6) is 17.2 Å². The molecule has 0 unspecified atom stereocenters. The molecule has 0 aliphatic carbocycles. The molecule has 4 rings (SSSR count). The summed E-state index contributed by atoms with van der Waals surface area (Å²) in [5.41, 5.74) is 4.96. The number of hydrogen-bond donors (Lipinski definition) is 5. The number of phenols is 1. The van der Waals surface area contributed by atoms with Crippen LogP contribution in [0.25, 0.3) is 11.0 Å². The first-order chi connectivity index (χ1) is 22.2. The van der Waals surface area contributed by atoms with Crippen molar-refractivity contribution in [2.24, 2.45) is 5.73 Å². The van der Waals surface area contributed by atoms with Gasteiger partial charge in [-0.25, -0.2) is 9.59 Å². The molecule has 2 heterocycles. The Hall–Kier alpha value is -4.63. The van der Waals surface area contributed by atoms with Gasteiger partial charge in [-0.2, -0.15) is 0 Å². The number of aromatic hydroxyl groups is 1. The summed E-state index contributed by atoms with van der Waals surface area (Å²) in [5, 5.41) is 33.6. The molecule has 1 saturated heterocycles. The number of nitrogens with one attached hydrogen (secondary N) is 1. The minimum absolute atomic E-state index is 0.0221. The van der Waals surface area contributed by atoms with Gasteiger partial charge in [-0.05, 0) is 76.9 Å². The zero-order valence-corrected chi connectivity index (χ0v) is 27.0. The monoisotopic (exact) mass is 656 g/mol. The molecule has 2 aromatic carbocycles. The number of aliphatic hydroxyl groups is 2. The minimum Gasteiger partial charge on any atom is -0.508 e. The lowest BCUT2D eigenvalue weighted by Crippen LogP contribution is -2.65. The van der Waals surface area contributed by atoms with E-state index in [1.54, 1.807) is 20.8 Å². The molecule has 0 saturated carbocycles. The summed E-state index contributed by atoms with van der Waals surface area (Å²) in [5.74, 6) is -0.542. The summed E-state index contributed by atoms with van der Waals surface area (Å²) >= 11 is 0. The van der Waals surface area contributed by atoms with Crippen molar-refractivity contribution in [2.45, 2.75) is 71.2 Å². The van der Waals surface area contributed by atoms with E-state index in [2.05, 4.69) is 5.32 Å². The van der Waals surface area contributed by atoms with Crippen LogP contribution in [0.2, 0.25) is 0 Å². The van der Waals surface area contributed by atoms with Gasteiger partial charge in [0.05, 0.1) is 17.6 Å². The van der Waals surface area contributed by atoms with Gasteiger partial charge in [0.1, 0.15) is 29.8 Å². The predicted molar refractivity (Wildman–Crippen MR) is 170 cm³/mol. The summed E-state index contributed by atoms with van der Waals surface area (Å²) in [7, 11) is 1.37. The molecule has 1 aromatic heterocycles. The number of allylic oxidation sites excluding steroid dienone is 2. The molecule has 1 fully saturated rings. The molecule has 14 heteroatoms. The highest BCUT2D eigenvalue weighted by atomic mass is 16.7. The van der Waals surface area contributed by atoms with Crippen molar-refractivity contribution >= 4 is 28.7 Å². The van der Waals surface area contributed by atoms with Crippen LogP contribution in [0, 0.1) is 6.92 Å². The number of nitrogens with two attached hydrogens (primary N) is 1. The third-order valence-electron chi connectivity index (χ3n) is 7.64. The summed E-state index contributed by atoms with van der Waals surface area (Å²) < 4.78 is 34.0. The summed E-state index contributed by atoms with van der Waals surface area (Å²) in [6, 6.07) is 7.35. The average Bonchev–Trinajstić information content (AvgIpc) is 3.00. The van der Waals surface area contributed by atoms with Crippen LogP contribution in [0.3, 0.4) is 0 Å². The maximum Gasteiger partial charge on any atom is 0.404 e. The van der Waals surface area contributed by atoms with E-state index < -0.39 is 47.8 Å². The van der Waals surface area contributed by atoms with E-state index in [4.69, 9.17) is 33.8 Å². The first-order valence-corrected chi connectivity index (χ1v) is 14.8. The number of amides is 2. The number of phenolic OH excluding ortho intramolecular Hbond substituents is 1. The molecule has 47 heavy (non-hydrogen) atoms. The number of ether oxygens (including phenoxy) is 5. The van der Waals surface area contributed by atoms with E-state index in [-0.39, 0.29) is 52.7 Å². The second-order valence-electron chi connectivity index (χ2n) is 11.8. The van der Waals surface area contributed by atoms with Gasteiger partial charge in [-0.1, -0.05) is 11.6 Å². The molecule has 14 nitrogen and oxygen atoms in total. The molecule has 254 valence electrons. The molecule has 0 spiro atoms. The lowest BCUT2D eigenvalue weighted by atomic mass is 9.89. The number of primary amides is 1. The fraction of sp³-hybridized carbons (Fsp3) is 0.424. The number of benzene rings is 2. The van der Waals surface area contributed by atoms with Crippen LogP contribution in [-0.4, -0.2) is 77.8 Å². The highest BCUT2D eigenvalue weighted by molar-refractivity contribution is 6.06. The summed E-state index contributed by atoms with van der Waals surface area (Å²) in [6.45, 7) is 8.16. The number of carbonyl (C=O) groups excluding carboxylic acids is 2. The van der Waals surface area contributed by atoms with Crippen LogP contribution in [0.15, 0.2) is 51.2 Å². The number of hydrogen-bond acceptors (Lipinski definition) is 12. The standard InChI is InChI=1S/C33H40N2O12/c1-16(2)7-8-18-15-19(9-11-21(18)37)29(39)35-23-26(43-14-13-36)20-10-12-22(17(3)25(20)45-30(23)40)44-31-24(38)27(46-32(34)41)28(42-6)33(4,5)47-31/h7,9-12,15,24,27-28,31,36-38H,8,13-14H2,1-6H3,(H2,34,41)(H,35,39)/t24-,27+,28-,31-/m1/s1. The second-order valence-corrected chi connectivity index (χ2v) is 11.8. The predicted octanol–water partition coefficient (Wildman–Crippen LogP) is 3.29. The van der Waals surface area contributed by atoms with Gasteiger partial charge < -0.3 is 54.5 Å². The smallest absolute Gasteiger partial charge is 0.404 e. The second kappa shape index (κ2) is 14.4. The van der Waals surface area contributed by atoms with E-state index in [0.717, 1.165) is 5.57 Å². The quantitative estimate of drug-likeness (QED) is 0.149. The number of rotatable bonds is 11. The minimum atomic E-state index is -1.52. The lowest BCUT2D eigenvalue weighted by molar-refractivity contribution is -0.304. The SMILES string of the molecule is CO[C@@H]1[C@@H](OC(N)=O)[C@@H](O)[C@H](Oc2ccc3c(OCCO)c(NC(=O)c4ccc(O)c(CC=C(C)C)c4)c(=O)oc3c2C)OC1(C)C. The zero-order chi connectivity index (χ0) is 34.6. The molecule has 4 atom stereocenters. The van der Waals surface area contributed by atoms with Gasteiger partial charge in [0.25, 0.3) is 5.91 Å². The first kappa shape index (κ1) is 35.2. The number of carbonyl (C=O) groups is 2. The van der Waals surface area contributed by atoms with E-state index in [0.29, 0.717) is 17.5 Å². The Morgan fingerprint density at radius 3 is 2.53 bits per heavy atom. The molecular weight excluding hydrogens is 616 g/mol. The Morgan fingerprint density at radius 2 is 1.89 bits per heavy atom. The number of methoxy groups -OCH3 is 1. The Balaban J connectivity index is 1.70. The van der Waals surface area contributed by atoms with Gasteiger partial charge in [-0.3, -0.25) is 4.79 Å². The molecule has 0 bridgehead atoms. The highest BCUT2D eigenvalue weighted by Gasteiger charge is 2.53. The largest absolute Gasteiger partial charge is 0.508 e. The van der Waals surface area contributed by atoms with Crippen LogP contribution < -0.4 is 26.1 Å². The van der Waals surface area contributed by atoms with E-state index in [1.165, 1.54) is 37.4 Å². The Morgan fingerprint density at radius 1 is 1.17 bits per heavy atom. The van der Waals surface area contributed by atoms with E-state index in [9.17, 15) is 29.7 Å². The van der Waals surface area contributed by atoms with Gasteiger partial charge >= 0.3 is 11.7 Å². The number of aryl methyl sites for hydroxylation is 1. The van der Waals surface area contributed by atoms with Gasteiger partial charge in [0.15, 0.2) is 23.6 Å². The topological polar surface area (TPSA) is 209 Å². The van der Waals surface area contributed by atoms with Crippen molar-refractivity contribution in [3.63, 3.8) is 0 Å². The van der Waals surface area contributed by atoms with E-state index in [1.807, 2.05) is 19.9 Å². The zero-order valence-electron chi connectivity index (χ0n) is 27.0. The van der Waals surface area contributed by atoms with Crippen LogP contribution in [-0.2, 0) is 20.6 Å². The number of aliphatic hydroxyl groups excluding tert-OH is 2. The Kier molecular flexibility index (Phi) is 10.8. The number of fused-ring (bicyclic) bond motifs is 1. The van der Waals surface area contributed by atoms with E-state index >= 15 is 0 Å². The molecular formula is C33H40N2O12. The number of anilines is 1. The lowest BCUT2D eigenvalue weighted by Gasteiger charge is -2.47. The molecule has 1 aliphatic rings. The van der Waals surface area contributed by atoms with Gasteiger partial charge in [-0.15, -0.1) is 0 Å². The highest BCUT2D eigenvalue weighted by Crippen LogP contribution is 2.39. The van der Waals surface area contributed by atoms with Crippen molar-refractivity contribution in [1.82, 2.24) is 0 Å². The average molecular weight is 657 g/mol. The molecule has 6 N–H and O–H groups in total. The molecule has 2 amide bonds. The maximum atomic E-state index is 13.3. The fourth-order valence-electron chi connectivity index (χ4n) is 5.35. The van der Waals surface area contributed by atoms with Crippen molar-refractivity contribution < 1.29 is 53.0 Å². The van der Waals surface area contributed by atoms with Crippen molar-refractivity contribution in [3.8, 4) is 17.2 Å². The van der Waals surface area contributed by atoms with Crippen molar-refractivity contribution in [1.29, 1.82) is 0 Å². The molecule has 0 radical (unpaired) electrons. The Labute approximate surface area is 270 Å². The maximum absolute atomic E-state index is 13.3. The van der Waals surface area contributed by atoms with Gasteiger partial charge in [0, 0.05) is 18.2 Å². The molecule has 1 aliphatic heterocycles. The Bertz CT molecular complexity index is 1730. The fourth-order valence-corrected chi connectivity index (χ4v) is 5.35. The third-order valence-corrected chi connectivity index (χ3v) is 7.64. The van der Waals surface area contributed by atoms with Crippen molar-refractivity contribution in [2.75, 3.05) is 25.6 Å². The van der Waals surface area contributed by atoms with Gasteiger partial charge in [0.2, 0.25) is 6.29 Å².